The van der Waals surface area contributed by atoms with Crippen molar-refractivity contribution in [2.75, 3.05) is 5.32 Å². The number of carbonyl (C=O) groups is 1. The van der Waals surface area contributed by atoms with Crippen molar-refractivity contribution in [1.29, 1.82) is 5.26 Å². The molecule has 0 atom stereocenters. The average Bonchev–Trinajstić information content (AvgIpc) is 2.64. The van der Waals surface area contributed by atoms with Gasteiger partial charge in [0.15, 0.2) is 0 Å². The van der Waals surface area contributed by atoms with E-state index in [0.717, 1.165) is 22.6 Å². The first kappa shape index (κ1) is 14.5. The Labute approximate surface area is 124 Å². The summed E-state index contributed by atoms with van der Waals surface area (Å²) >= 11 is 7.16. The van der Waals surface area contributed by atoms with Crippen LogP contribution in [0.3, 0.4) is 0 Å². The monoisotopic (exact) mass is 308 g/mol. The largest absolute Gasteiger partial charge is 0.312 e. The lowest BCUT2D eigenvalue weighted by Crippen LogP contribution is -2.12. The van der Waals surface area contributed by atoms with Crippen LogP contribution >= 0.6 is 22.9 Å². The Morgan fingerprint density at radius 2 is 2.15 bits per heavy atom. The Hall–Kier alpha value is -1.90. The molecule has 0 saturated heterocycles. The third-order valence-electron chi connectivity index (χ3n) is 2.90. The van der Waals surface area contributed by atoms with E-state index < -0.39 is 11.7 Å². The predicted octanol–water partition coefficient (Wildman–Crippen LogP) is 4.28. The van der Waals surface area contributed by atoms with Crippen molar-refractivity contribution in [3.63, 3.8) is 0 Å². The SMILES string of the molecule is Cc1sc(NC(=O)c2ccc(F)cc2Cl)c(C#N)c1C. The molecule has 1 heterocycles. The summed E-state index contributed by atoms with van der Waals surface area (Å²) in [6.45, 7) is 3.70. The van der Waals surface area contributed by atoms with Crippen molar-refractivity contribution in [1.82, 2.24) is 0 Å². The molecule has 20 heavy (non-hydrogen) atoms. The van der Waals surface area contributed by atoms with Crippen molar-refractivity contribution in [3.8, 4) is 6.07 Å². The summed E-state index contributed by atoms with van der Waals surface area (Å²) in [5.74, 6) is -0.972. The van der Waals surface area contributed by atoms with Crippen LogP contribution in [0.1, 0.15) is 26.4 Å². The summed E-state index contributed by atoms with van der Waals surface area (Å²) in [6, 6.07) is 5.62. The first-order valence-electron chi connectivity index (χ1n) is 5.70. The van der Waals surface area contributed by atoms with Crippen molar-refractivity contribution < 1.29 is 9.18 Å². The number of carbonyl (C=O) groups excluding carboxylic acids is 1. The minimum absolute atomic E-state index is 0.0333. The van der Waals surface area contributed by atoms with Crippen LogP contribution in [0.15, 0.2) is 18.2 Å². The molecule has 0 aliphatic carbocycles. The van der Waals surface area contributed by atoms with Crippen LogP contribution in [0.25, 0.3) is 0 Å². The van der Waals surface area contributed by atoms with Crippen LogP contribution in [-0.4, -0.2) is 5.91 Å². The fourth-order valence-corrected chi connectivity index (χ4v) is 2.95. The quantitative estimate of drug-likeness (QED) is 0.900. The second-order valence-electron chi connectivity index (χ2n) is 4.18. The summed E-state index contributed by atoms with van der Waals surface area (Å²) in [7, 11) is 0. The number of hydrogen-bond acceptors (Lipinski definition) is 3. The van der Waals surface area contributed by atoms with Gasteiger partial charge in [0, 0.05) is 4.88 Å². The van der Waals surface area contributed by atoms with Gasteiger partial charge in [0.2, 0.25) is 0 Å². The molecule has 3 nitrogen and oxygen atoms in total. The molecule has 0 aliphatic rings. The van der Waals surface area contributed by atoms with E-state index in [4.69, 9.17) is 16.9 Å². The van der Waals surface area contributed by atoms with E-state index in [1.807, 2.05) is 13.8 Å². The maximum Gasteiger partial charge on any atom is 0.257 e. The zero-order valence-electron chi connectivity index (χ0n) is 10.8. The number of thiophene rings is 1. The molecule has 2 rings (SSSR count). The zero-order valence-corrected chi connectivity index (χ0v) is 12.3. The van der Waals surface area contributed by atoms with Crippen molar-refractivity contribution in [3.05, 3.63) is 50.6 Å². The summed E-state index contributed by atoms with van der Waals surface area (Å²) in [6.07, 6.45) is 0. The second-order valence-corrected chi connectivity index (χ2v) is 5.81. The smallest absolute Gasteiger partial charge is 0.257 e. The molecule has 1 aromatic heterocycles. The minimum atomic E-state index is -0.507. The van der Waals surface area contributed by atoms with Gasteiger partial charge in [0.05, 0.1) is 16.1 Å². The Bertz CT molecular complexity index is 734. The third kappa shape index (κ3) is 2.67. The van der Waals surface area contributed by atoms with E-state index in [0.29, 0.717) is 10.6 Å². The van der Waals surface area contributed by atoms with Crippen LogP contribution in [0.4, 0.5) is 9.39 Å². The average molecular weight is 309 g/mol. The molecule has 102 valence electrons. The molecule has 0 unspecified atom stereocenters. The minimum Gasteiger partial charge on any atom is -0.312 e. The number of nitrogens with zero attached hydrogens (tertiary/aromatic N) is 1. The molecule has 1 aromatic carbocycles. The maximum atomic E-state index is 13.0. The van der Waals surface area contributed by atoms with Gasteiger partial charge in [-0.2, -0.15) is 5.26 Å². The molecule has 0 fully saturated rings. The van der Waals surface area contributed by atoms with E-state index in [2.05, 4.69) is 11.4 Å². The highest BCUT2D eigenvalue weighted by molar-refractivity contribution is 7.16. The number of nitrogens with one attached hydrogen (secondary N) is 1. The maximum absolute atomic E-state index is 13.0. The number of rotatable bonds is 2. The summed E-state index contributed by atoms with van der Waals surface area (Å²) < 4.78 is 13.0. The first-order valence-corrected chi connectivity index (χ1v) is 6.90. The summed E-state index contributed by atoms with van der Waals surface area (Å²) in [4.78, 5) is 13.1. The molecular weight excluding hydrogens is 299 g/mol. The van der Waals surface area contributed by atoms with E-state index in [1.54, 1.807) is 0 Å². The Morgan fingerprint density at radius 1 is 1.45 bits per heavy atom. The highest BCUT2D eigenvalue weighted by Crippen LogP contribution is 2.32. The number of anilines is 1. The Kier molecular flexibility index (Phi) is 4.07. The highest BCUT2D eigenvalue weighted by atomic mass is 35.5. The molecule has 1 N–H and O–H groups in total. The molecular formula is C14H10ClFN2OS. The molecule has 0 bridgehead atoms. The fourth-order valence-electron chi connectivity index (χ4n) is 1.69. The third-order valence-corrected chi connectivity index (χ3v) is 4.34. The number of aryl methyl sites for hydroxylation is 1. The van der Waals surface area contributed by atoms with Crippen LogP contribution in [0.2, 0.25) is 5.02 Å². The van der Waals surface area contributed by atoms with Gasteiger partial charge in [-0.3, -0.25) is 4.79 Å². The lowest BCUT2D eigenvalue weighted by atomic mass is 10.1. The molecule has 2 aromatic rings. The van der Waals surface area contributed by atoms with Crippen molar-refractivity contribution in [2.45, 2.75) is 13.8 Å². The van der Waals surface area contributed by atoms with Crippen LogP contribution in [0.5, 0.6) is 0 Å². The number of halogens is 2. The zero-order chi connectivity index (χ0) is 14.9. The van der Waals surface area contributed by atoms with Crippen molar-refractivity contribution >= 4 is 33.8 Å². The van der Waals surface area contributed by atoms with Crippen LogP contribution < -0.4 is 5.32 Å². The lowest BCUT2D eigenvalue weighted by molar-refractivity contribution is 0.102. The Balaban J connectivity index is 2.33. The Morgan fingerprint density at radius 3 is 2.75 bits per heavy atom. The highest BCUT2D eigenvalue weighted by Gasteiger charge is 2.17. The molecule has 0 spiro atoms. The van der Waals surface area contributed by atoms with Crippen molar-refractivity contribution in [2.24, 2.45) is 0 Å². The number of nitriles is 1. The summed E-state index contributed by atoms with van der Waals surface area (Å²) in [5, 5.41) is 12.3. The molecule has 0 saturated carbocycles. The molecule has 6 heteroatoms. The number of hydrogen-bond donors (Lipinski definition) is 1. The normalized spacial score (nSPS) is 10.2. The van der Waals surface area contributed by atoms with Gasteiger partial charge in [-0.05, 0) is 37.6 Å². The van der Waals surface area contributed by atoms with Gasteiger partial charge in [0.25, 0.3) is 5.91 Å². The molecule has 0 aliphatic heterocycles. The van der Waals surface area contributed by atoms with Gasteiger partial charge in [-0.25, -0.2) is 4.39 Å². The van der Waals surface area contributed by atoms with Crippen LogP contribution in [-0.2, 0) is 0 Å². The van der Waals surface area contributed by atoms with Gasteiger partial charge < -0.3 is 5.32 Å². The standard InChI is InChI=1S/C14H10ClFN2OS/c1-7-8(2)20-14(11(7)6-17)18-13(19)10-4-3-9(16)5-12(10)15/h3-5H,1-2H3,(H,18,19). The van der Waals surface area contributed by atoms with Gasteiger partial charge in [-0.15, -0.1) is 11.3 Å². The van der Waals surface area contributed by atoms with E-state index in [-0.39, 0.29) is 10.6 Å². The van der Waals surface area contributed by atoms with Gasteiger partial charge in [-0.1, -0.05) is 11.6 Å². The van der Waals surface area contributed by atoms with E-state index in [9.17, 15) is 9.18 Å². The lowest BCUT2D eigenvalue weighted by Gasteiger charge is -2.05. The topological polar surface area (TPSA) is 52.9 Å². The number of amides is 1. The van der Waals surface area contributed by atoms with Crippen LogP contribution in [0, 0.1) is 31.0 Å². The predicted molar refractivity (Wildman–Crippen MR) is 77.9 cm³/mol. The van der Waals surface area contributed by atoms with E-state index in [1.165, 1.54) is 17.4 Å². The molecule has 0 radical (unpaired) electrons. The second kappa shape index (κ2) is 5.61. The van der Waals surface area contributed by atoms with Gasteiger partial charge >= 0.3 is 0 Å². The van der Waals surface area contributed by atoms with Gasteiger partial charge in [0.1, 0.15) is 16.9 Å². The summed E-state index contributed by atoms with van der Waals surface area (Å²) in [5.41, 5.74) is 1.46. The van der Waals surface area contributed by atoms with E-state index >= 15 is 0 Å². The first-order chi connectivity index (χ1) is 9.43. The fraction of sp³-hybridized carbons (Fsp3) is 0.143. The number of benzene rings is 1. The molecule has 1 amide bonds.